The van der Waals surface area contributed by atoms with Gasteiger partial charge in [0.2, 0.25) is 0 Å². The molecule has 0 aliphatic rings. The lowest BCUT2D eigenvalue weighted by Gasteiger charge is -2.10. The smallest absolute Gasteiger partial charge is 0.0715 e. The third-order valence-electron chi connectivity index (χ3n) is 3.81. The molecule has 18 heavy (non-hydrogen) atoms. The average Bonchev–Trinajstić information content (AvgIpc) is 2.33. The van der Waals surface area contributed by atoms with Gasteiger partial charge in [0.25, 0.3) is 0 Å². The van der Waals surface area contributed by atoms with Gasteiger partial charge in [-0.2, -0.15) is 0 Å². The molecule has 0 amide bonds. The number of nitrogens with zero attached hydrogens (tertiary/aromatic N) is 1. The van der Waals surface area contributed by atoms with Crippen molar-refractivity contribution in [3.8, 4) is 0 Å². The van der Waals surface area contributed by atoms with Gasteiger partial charge in [0.05, 0.1) is 11.0 Å². The number of hydrogen-bond acceptors (Lipinski definition) is 1. The van der Waals surface area contributed by atoms with Crippen LogP contribution in [0.1, 0.15) is 22.3 Å². The van der Waals surface area contributed by atoms with E-state index in [1.54, 1.807) is 0 Å². The van der Waals surface area contributed by atoms with Crippen molar-refractivity contribution >= 4 is 21.8 Å². The van der Waals surface area contributed by atoms with Crippen molar-refractivity contribution in [3.05, 3.63) is 52.6 Å². The molecule has 0 saturated carbocycles. The molecule has 0 unspecified atom stereocenters. The Bertz CT molecular complexity index is 770. The molecule has 0 aliphatic heterocycles. The second-order valence-corrected chi connectivity index (χ2v) is 5.21. The van der Waals surface area contributed by atoms with E-state index in [2.05, 4.69) is 58.0 Å². The van der Waals surface area contributed by atoms with E-state index in [-0.39, 0.29) is 0 Å². The highest BCUT2D eigenvalue weighted by atomic mass is 14.7. The zero-order valence-corrected chi connectivity index (χ0v) is 11.3. The van der Waals surface area contributed by atoms with Crippen LogP contribution in [0.4, 0.5) is 0 Å². The largest absolute Gasteiger partial charge is 0.248 e. The SMILES string of the molecule is Cc1ccc2nc3cc(C)c(C)cc3c(C)c2c1. The lowest BCUT2D eigenvalue weighted by atomic mass is 9.99. The molecule has 0 atom stereocenters. The predicted molar refractivity (Wildman–Crippen MR) is 78.2 cm³/mol. The molecule has 0 aliphatic carbocycles. The van der Waals surface area contributed by atoms with Crippen LogP contribution in [0.5, 0.6) is 0 Å². The zero-order chi connectivity index (χ0) is 12.9. The highest BCUT2D eigenvalue weighted by Crippen LogP contribution is 2.27. The van der Waals surface area contributed by atoms with Crippen LogP contribution in [-0.4, -0.2) is 4.98 Å². The topological polar surface area (TPSA) is 12.9 Å². The molecule has 1 heteroatoms. The van der Waals surface area contributed by atoms with Crippen molar-refractivity contribution < 1.29 is 0 Å². The molecule has 2 aromatic carbocycles. The molecule has 1 heterocycles. The van der Waals surface area contributed by atoms with E-state index in [1.807, 2.05) is 0 Å². The summed E-state index contributed by atoms with van der Waals surface area (Å²) in [5.74, 6) is 0. The van der Waals surface area contributed by atoms with Gasteiger partial charge in [-0.15, -0.1) is 0 Å². The third kappa shape index (κ3) is 1.59. The van der Waals surface area contributed by atoms with E-state index in [4.69, 9.17) is 4.98 Å². The van der Waals surface area contributed by atoms with Crippen molar-refractivity contribution in [1.82, 2.24) is 4.98 Å². The van der Waals surface area contributed by atoms with Crippen molar-refractivity contribution in [2.24, 2.45) is 0 Å². The monoisotopic (exact) mass is 235 g/mol. The van der Waals surface area contributed by atoms with Crippen molar-refractivity contribution in [1.29, 1.82) is 0 Å². The van der Waals surface area contributed by atoms with Gasteiger partial charge < -0.3 is 0 Å². The number of pyridine rings is 1. The van der Waals surface area contributed by atoms with Gasteiger partial charge in [0.15, 0.2) is 0 Å². The summed E-state index contributed by atoms with van der Waals surface area (Å²) in [4.78, 5) is 4.78. The summed E-state index contributed by atoms with van der Waals surface area (Å²) in [5.41, 5.74) is 7.46. The Morgan fingerprint density at radius 3 is 2.17 bits per heavy atom. The molecule has 3 aromatic rings. The minimum atomic E-state index is 1.09. The summed E-state index contributed by atoms with van der Waals surface area (Å²) in [6.07, 6.45) is 0. The first-order valence-corrected chi connectivity index (χ1v) is 6.34. The molecular formula is C17H17N. The number of benzene rings is 2. The maximum absolute atomic E-state index is 4.78. The van der Waals surface area contributed by atoms with Crippen molar-refractivity contribution in [2.75, 3.05) is 0 Å². The van der Waals surface area contributed by atoms with Gasteiger partial charge in [0, 0.05) is 10.8 Å². The molecule has 0 spiro atoms. The summed E-state index contributed by atoms with van der Waals surface area (Å²) >= 11 is 0. The number of aryl methyl sites for hydroxylation is 4. The van der Waals surface area contributed by atoms with Gasteiger partial charge in [-0.25, -0.2) is 4.98 Å². The van der Waals surface area contributed by atoms with Crippen LogP contribution in [0.15, 0.2) is 30.3 Å². The fourth-order valence-corrected chi connectivity index (χ4v) is 2.52. The third-order valence-corrected chi connectivity index (χ3v) is 3.81. The normalized spacial score (nSPS) is 11.3. The van der Waals surface area contributed by atoms with E-state index < -0.39 is 0 Å². The maximum Gasteiger partial charge on any atom is 0.0715 e. The Hall–Kier alpha value is -1.89. The lowest BCUT2D eigenvalue weighted by Crippen LogP contribution is -1.91. The Kier molecular flexibility index (Phi) is 2.37. The Morgan fingerprint density at radius 1 is 0.722 bits per heavy atom. The standard InChI is InChI=1S/C17H17N/c1-10-5-6-16-14(7-10)13(4)15-8-11(2)12(3)9-17(15)18-16/h5-9H,1-4H3. The number of rotatable bonds is 0. The van der Waals surface area contributed by atoms with Crippen LogP contribution in [-0.2, 0) is 0 Å². The fourth-order valence-electron chi connectivity index (χ4n) is 2.52. The van der Waals surface area contributed by atoms with Crippen LogP contribution < -0.4 is 0 Å². The van der Waals surface area contributed by atoms with Crippen LogP contribution in [0.2, 0.25) is 0 Å². The zero-order valence-electron chi connectivity index (χ0n) is 11.3. The van der Waals surface area contributed by atoms with Crippen LogP contribution >= 0.6 is 0 Å². The molecule has 0 bridgehead atoms. The van der Waals surface area contributed by atoms with E-state index in [9.17, 15) is 0 Å². The Morgan fingerprint density at radius 2 is 1.39 bits per heavy atom. The highest BCUT2D eigenvalue weighted by Gasteiger charge is 2.07. The first-order valence-electron chi connectivity index (χ1n) is 6.34. The molecule has 90 valence electrons. The Labute approximate surface area is 107 Å². The van der Waals surface area contributed by atoms with E-state index >= 15 is 0 Å². The Balaban J connectivity index is 2.52. The molecular weight excluding hydrogens is 218 g/mol. The van der Waals surface area contributed by atoms with Crippen LogP contribution in [0, 0.1) is 27.7 Å². The van der Waals surface area contributed by atoms with Crippen LogP contribution in [0.3, 0.4) is 0 Å². The summed E-state index contributed by atoms with van der Waals surface area (Å²) in [6, 6.07) is 10.9. The minimum Gasteiger partial charge on any atom is -0.248 e. The molecule has 1 aromatic heterocycles. The highest BCUT2D eigenvalue weighted by molar-refractivity contribution is 5.97. The quantitative estimate of drug-likeness (QED) is 0.518. The van der Waals surface area contributed by atoms with Crippen molar-refractivity contribution in [2.45, 2.75) is 27.7 Å². The second kappa shape index (κ2) is 3.81. The maximum atomic E-state index is 4.78. The minimum absolute atomic E-state index is 1.09. The fraction of sp³-hybridized carbons (Fsp3) is 0.235. The van der Waals surface area contributed by atoms with E-state index in [0.29, 0.717) is 0 Å². The molecule has 0 N–H and O–H groups in total. The molecule has 0 saturated heterocycles. The number of aromatic nitrogens is 1. The van der Waals surface area contributed by atoms with E-state index in [0.717, 1.165) is 11.0 Å². The van der Waals surface area contributed by atoms with Gasteiger partial charge in [-0.1, -0.05) is 11.6 Å². The second-order valence-electron chi connectivity index (χ2n) is 5.21. The first kappa shape index (κ1) is 11.2. The molecule has 0 fully saturated rings. The van der Waals surface area contributed by atoms with Crippen molar-refractivity contribution in [3.63, 3.8) is 0 Å². The summed E-state index contributed by atoms with van der Waals surface area (Å²) < 4.78 is 0. The number of hydrogen-bond donors (Lipinski definition) is 0. The first-order chi connectivity index (χ1) is 8.56. The predicted octanol–water partition coefficient (Wildman–Crippen LogP) is 4.62. The van der Waals surface area contributed by atoms with Gasteiger partial charge >= 0.3 is 0 Å². The summed E-state index contributed by atoms with van der Waals surface area (Å²) in [5, 5.41) is 2.54. The van der Waals surface area contributed by atoms with Crippen LogP contribution in [0.25, 0.3) is 21.8 Å². The van der Waals surface area contributed by atoms with Gasteiger partial charge in [-0.3, -0.25) is 0 Å². The summed E-state index contributed by atoms with van der Waals surface area (Å²) in [7, 11) is 0. The molecule has 3 rings (SSSR count). The summed E-state index contributed by atoms with van der Waals surface area (Å²) in [6.45, 7) is 8.63. The number of fused-ring (bicyclic) bond motifs is 2. The van der Waals surface area contributed by atoms with E-state index in [1.165, 1.54) is 33.0 Å². The lowest BCUT2D eigenvalue weighted by molar-refractivity contribution is 1.33. The molecule has 1 nitrogen and oxygen atoms in total. The average molecular weight is 235 g/mol. The van der Waals surface area contributed by atoms with Gasteiger partial charge in [0.1, 0.15) is 0 Å². The van der Waals surface area contributed by atoms with Gasteiger partial charge in [-0.05, 0) is 68.7 Å². The molecule has 0 radical (unpaired) electrons.